The highest BCUT2D eigenvalue weighted by Gasteiger charge is 2.38. The molecule has 142 valence electrons. The van der Waals surface area contributed by atoms with Gasteiger partial charge in [0, 0.05) is 16.9 Å². The first kappa shape index (κ1) is 19.9. The molecule has 3 nitrogen and oxygen atoms in total. The van der Waals surface area contributed by atoms with Crippen LogP contribution in [0.4, 0.5) is 0 Å². The zero-order valence-corrected chi connectivity index (χ0v) is 16.6. The first-order valence-corrected chi connectivity index (χ1v) is 9.78. The van der Waals surface area contributed by atoms with E-state index in [0.717, 1.165) is 23.2 Å². The predicted molar refractivity (Wildman–Crippen MR) is 111 cm³/mol. The molecule has 2 N–H and O–H groups in total. The molecule has 0 radical (unpaired) electrons. The van der Waals surface area contributed by atoms with E-state index in [-0.39, 0.29) is 29.0 Å². The second-order valence-corrected chi connectivity index (χ2v) is 7.70. The van der Waals surface area contributed by atoms with E-state index in [4.69, 9.17) is 33.7 Å². The molecule has 0 bridgehead atoms. The summed E-state index contributed by atoms with van der Waals surface area (Å²) in [5, 5.41) is 0.389. The SMILES string of the molecule is COc1ccc(C2C(C3=CC=CC(Cl)C=C3Cl)C=CC(C=O)C2CN)cc1. The highest BCUT2D eigenvalue weighted by molar-refractivity contribution is 6.33. The third-order valence-electron chi connectivity index (χ3n) is 5.32. The molecule has 1 aromatic carbocycles. The molecule has 5 unspecified atom stereocenters. The van der Waals surface area contributed by atoms with E-state index in [0.29, 0.717) is 11.6 Å². The quantitative estimate of drug-likeness (QED) is 0.444. The summed E-state index contributed by atoms with van der Waals surface area (Å²) in [5.74, 6) is 0.574. The maximum absolute atomic E-state index is 11.6. The fourth-order valence-electron chi connectivity index (χ4n) is 3.95. The zero-order valence-electron chi connectivity index (χ0n) is 15.1. The lowest BCUT2D eigenvalue weighted by molar-refractivity contribution is -0.111. The van der Waals surface area contributed by atoms with E-state index in [1.54, 1.807) is 7.11 Å². The van der Waals surface area contributed by atoms with Gasteiger partial charge in [0.15, 0.2) is 0 Å². The first-order valence-electron chi connectivity index (χ1n) is 8.96. The van der Waals surface area contributed by atoms with Crippen molar-refractivity contribution in [1.29, 1.82) is 0 Å². The molecule has 0 fully saturated rings. The molecule has 0 aliphatic heterocycles. The van der Waals surface area contributed by atoms with Crippen LogP contribution in [0.15, 0.2) is 71.3 Å². The third kappa shape index (κ3) is 4.21. The van der Waals surface area contributed by atoms with E-state index >= 15 is 0 Å². The molecule has 0 saturated heterocycles. The molecule has 0 spiro atoms. The average molecular weight is 404 g/mol. The summed E-state index contributed by atoms with van der Waals surface area (Å²) in [6, 6.07) is 7.94. The first-order chi connectivity index (χ1) is 13.1. The molecule has 27 heavy (non-hydrogen) atoms. The van der Waals surface area contributed by atoms with Crippen LogP contribution >= 0.6 is 23.2 Å². The predicted octanol–water partition coefficient (Wildman–Crippen LogP) is 4.58. The van der Waals surface area contributed by atoms with Gasteiger partial charge in [0.25, 0.3) is 0 Å². The molecule has 0 amide bonds. The summed E-state index contributed by atoms with van der Waals surface area (Å²) in [7, 11) is 1.64. The van der Waals surface area contributed by atoms with Crippen LogP contribution in [0.25, 0.3) is 0 Å². The van der Waals surface area contributed by atoms with E-state index in [1.807, 2.05) is 54.6 Å². The van der Waals surface area contributed by atoms with Gasteiger partial charge >= 0.3 is 0 Å². The highest BCUT2D eigenvalue weighted by atomic mass is 35.5. The van der Waals surface area contributed by atoms with Crippen molar-refractivity contribution in [2.75, 3.05) is 13.7 Å². The Labute approximate surface area is 170 Å². The fourth-order valence-corrected chi connectivity index (χ4v) is 4.55. The summed E-state index contributed by atoms with van der Waals surface area (Å²) in [6.45, 7) is 0.406. The van der Waals surface area contributed by atoms with Gasteiger partial charge in [-0.2, -0.15) is 0 Å². The van der Waals surface area contributed by atoms with Gasteiger partial charge in [-0.3, -0.25) is 0 Å². The molecule has 5 atom stereocenters. The van der Waals surface area contributed by atoms with Crippen molar-refractivity contribution < 1.29 is 9.53 Å². The summed E-state index contributed by atoms with van der Waals surface area (Å²) in [6.07, 6.45) is 12.7. The number of benzene rings is 1. The maximum atomic E-state index is 11.6. The number of rotatable bonds is 5. The number of hydrogen-bond acceptors (Lipinski definition) is 3. The number of methoxy groups -OCH3 is 1. The lowest BCUT2D eigenvalue weighted by Gasteiger charge is -2.39. The molecule has 1 aromatic rings. The summed E-state index contributed by atoms with van der Waals surface area (Å²) >= 11 is 12.8. The molecule has 0 heterocycles. The minimum atomic E-state index is -0.244. The molecule has 5 heteroatoms. The molecular weight excluding hydrogens is 381 g/mol. The number of carbonyl (C=O) groups is 1. The van der Waals surface area contributed by atoms with Crippen molar-refractivity contribution in [3.8, 4) is 5.75 Å². The van der Waals surface area contributed by atoms with Gasteiger partial charge in [-0.05, 0) is 47.7 Å². The van der Waals surface area contributed by atoms with Gasteiger partial charge < -0.3 is 15.3 Å². The van der Waals surface area contributed by atoms with E-state index < -0.39 is 0 Å². The average Bonchev–Trinajstić information content (AvgIpc) is 2.86. The van der Waals surface area contributed by atoms with Gasteiger partial charge in [0.05, 0.1) is 12.5 Å². The number of ether oxygens (including phenoxy) is 1. The molecule has 2 aliphatic carbocycles. The number of nitrogens with two attached hydrogens (primary N) is 1. The van der Waals surface area contributed by atoms with Crippen molar-refractivity contribution in [3.63, 3.8) is 0 Å². The Balaban J connectivity index is 2.08. The molecule has 0 aromatic heterocycles. The Morgan fingerprint density at radius 1 is 1.19 bits per heavy atom. The fraction of sp³-hybridized carbons (Fsp3) is 0.318. The highest BCUT2D eigenvalue weighted by Crippen LogP contribution is 2.46. The van der Waals surface area contributed by atoms with Gasteiger partial charge in [0.2, 0.25) is 0 Å². The second-order valence-electron chi connectivity index (χ2n) is 6.79. The van der Waals surface area contributed by atoms with Crippen LogP contribution in [0, 0.1) is 17.8 Å². The number of allylic oxidation sites excluding steroid dienone is 8. The largest absolute Gasteiger partial charge is 0.497 e. The van der Waals surface area contributed by atoms with Crippen LogP contribution in [0.1, 0.15) is 11.5 Å². The Morgan fingerprint density at radius 2 is 1.93 bits per heavy atom. The van der Waals surface area contributed by atoms with E-state index in [2.05, 4.69) is 6.08 Å². The lowest BCUT2D eigenvalue weighted by Crippen LogP contribution is -2.36. The van der Waals surface area contributed by atoms with Crippen molar-refractivity contribution in [2.24, 2.45) is 23.5 Å². The lowest BCUT2D eigenvalue weighted by atomic mass is 9.65. The minimum Gasteiger partial charge on any atom is -0.497 e. The molecule has 0 saturated carbocycles. The van der Waals surface area contributed by atoms with Crippen LogP contribution in [0.3, 0.4) is 0 Å². The molecule has 3 rings (SSSR count). The number of halogens is 2. The summed E-state index contributed by atoms with van der Waals surface area (Å²) in [4.78, 5) is 11.6. The van der Waals surface area contributed by atoms with Gasteiger partial charge in [-0.1, -0.05) is 54.1 Å². The van der Waals surface area contributed by atoms with E-state index in [1.165, 1.54) is 0 Å². The van der Waals surface area contributed by atoms with Crippen LogP contribution in [-0.2, 0) is 4.79 Å². The standard InChI is InChI=1S/C22H23Cl2NO2/c1-27-17-8-5-14(6-9-17)22-19(10-7-15(13-26)20(22)12-25)18-4-2-3-16(23)11-21(18)24/h2-11,13,15-16,19-20,22H,12,25H2,1H3. The van der Waals surface area contributed by atoms with Gasteiger partial charge in [-0.25, -0.2) is 0 Å². The van der Waals surface area contributed by atoms with Crippen molar-refractivity contribution in [1.82, 2.24) is 0 Å². The third-order valence-corrected chi connectivity index (χ3v) is 5.94. The second kappa shape index (κ2) is 8.92. The number of hydrogen-bond donors (Lipinski definition) is 1. The zero-order chi connectivity index (χ0) is 19.4. The minimum absolute atomic E-state index is 0.00138. The topological polar surface area (TPSA) is 52.3 Å². The monoisotopic (exact) mass is 403 g/mol. The summed E-state index contributed by atoms with van der Waals surface area (Å²) in [5.41, 5.74) is 8.20. The Bertz CT molecular complexity index is 795. The van der Waals surface area contributed by atoms with Crippen molar-refractivity contribution >= 4 is 29.5 Å². The molecule has 2 aliphatic rings. The Kier molecular flexibility index (Phi) is 6.59. The Morgan fingerprint density at radius 3 is 2.56 bits per heavy atom. The summed E-state index contributed by atoms with van der Waals surface area (Å²) < 4.78 is 5.28. The van der Waals surface area contributed by atoms with Crippen molar-refractivity contribution in [2.45, 2.75) is 11.3 Å². The van der Waals surface area contributed by atoms with Crippen LogP contribution in [-0.4, -0.2) is 25.3 Å². The molecular formula is C22H23Cl2NO2. The van der Waals surface area contributed by atoms with Gasteiger partial charge in [0.1, 0.15) is 12.0 Å². The van der Waals surface area contributed by atoms with E-state index in [9.17, 15) is 4.79 Å². The smallest absolute Gasteiger partial charge is 0.127 e. The Hall–Kier alpha value is -1.81. The number of carbonyl (C=O) groups excluding carboxylic acids is 1. The van der Waals surface area contributed by atoms with Crippen LogP contribution < -0.4 is 10.5 Å². The number of aldehydes is 1. The van der Waals surface area contributed by atoms with Crippen LogP contribution in [0.5, 0.6) is 5.75 Å². The maximum Gasteiger partial charge on any atom is 0.127 e. The number of alkyl halides is 1. The van der Waals surface area contributed by atoms with Gasteiger partial charge in [-0.15, -0.1) is 11.6 Å². The van der Waals surface area contributed by atoms with Crippen molar-refractivity contribution in [3.05, 3.63) is 76.9 Å². The normalized spacial score (nSPS) is 30.3. The van der Waals surface area contributed by atoms with Crippen LogP contribution in [0.2, 0.25) is 0 Å².